The van der Waals surface area contributed by atoms with Gasteiger partial charge in [-0.25, -0.2) is 4.79 Å². The van der Waals surface area contributed by atoms with Gasteiger partial charge in [-0.15, -0.1) is 0 Å². The Morgan fingerprint density at radius 2 is 2.12 bits per heavy atom. The molecule has 1 N–H and O–H groups in total. The van der Waals surface area contributed by atoms with Crippen LogP contribution in [0.5, 0.6) is 0 Å². The van der Waals surface area contributed by atoms with Crippen LogP contribution in [-0.2, 0) is 13.1 Å². The lowest BCUT2D eigenvalue weighted by atomic mass is 9.97. The number of carbonyl (C=O) groups excluding carboxylic acids is 1. The van der Waals surface area contributed by atoms with E-state index >= 15 is 0 Å². The summed E-state index contributed by atoms with van der Waals surface area (Å²) in [5.74, 6) is 2.54. The molecule has 6 heteroatoms. The minimum absolute atomic E-state index is 0.0327. The Hall–Kier alpha value is -2.21. The first-order valence-corrected chi connectivity index (χ1v) is 8.88. The predicted octanol–water partition coefficient (Wildman–Crippen LogP) is 3.23. The van der Waals surface area contributed by atoms with E-state index in [1.54, 1.807) is 24.5 Å². The molecule has 0 unspecified atom stereocenters. The number of furan rings is 2. The molecule has 3 heterocycles. The van der Waals surface area contributed by atoms with Crippen LogP contribution in [0.3, 0.4) is 0 Å². The SMILES string of the molecule is Cc1ccc(CN2CCC(CNC(=O)N(C)Cc3ccoc3)CC2)o1. The van der Waals surface area contributed by atoms with Crippen LogP contribution in [0.15, 0.2) is 39.6 Å². The smallest absolute Gasteiger partial charge is 0.317 e. The minimum Gasteiger partial charge on any atom is -0.472 e. The third-order valence-electron chi connectivity index (χ3n) is 4.77. The number of nitrogens with one attached hydrogen (secondary N) is 1. The van der Waals surface area contributed by atoms with Gasteiger partial charge in [-0.2, -0.15) is 0 Å². The van der Waals surface area contributed by atoms with Crippen LogP contribution in [0.2, 0.25) is 0 Å². The maximum Gasteiger partial charge on any atom is 0.317 e. The third kappa shape index (κ3) is 5.13. The standard InChI is InChI=1S/C19H27N3O3/c1-15-3-4-18(25-15)13-22-8-5-16(6-9-22)11-20-19(23)21(2)12-17-7-10-24-14-17/h3-4,7,10,14,16H,5-6,8-9,11-13H2,1-2H3,(H,20,23). The molecule has 136 valence electrons. The number of rotatable bonds is 6. The molecule has 1 aliphatic heterocycles. The molecule has 1 saturated heterocycles. The summed E-state index contributed by atoms with van der Waals surface area (Å²) in [7, 11) is 1.80. The van der Waals surface area contributed by atoms with Crippen LogP contribution in [0.1, 0.15) is 29.9 Å². The van der Waals surface area contributed by atoms with E-state index in [4.69, 9.17) is 8.83 Å². The van der Waals surface area contributed by atoms with Gasteiger partial charge in [0, 0.05) is 19.2 Å². The lowest BCUT2D eigenvalue weighted by Gasteiger charge is -2.31. The van der Waals surface area contributed by atoms with Crippen LogP contribution in [0.25, 0.3) is 0 Å². The molecule has 6 nitrogen and oxygen atoms in total. The first-order valence-electron chi connectivity index (χ1n) is 8.88. The molecule has 2 amide bonds. The zero-order valence-corrected chi connectivity index (χ0v) is 15.0. The number of hydrogen-bond donors (Lipinski definition) is 1. The zero-order valence-electron chi connectivity index (χ0n) is 15.0. The first-order chi connectivity index (χ1) is 12.1. The van der Waals surface area contributed by atoms with Crippen molar-refractivity contribution in [2.75, 3.05) is 26.7 Å². The minimum atomic E-state index is -0.0327. The third-order valence-corrected chi connectivity index (χ3v) is 4.77. The van der Waals surface area contributed by atoms with Gasteiger partial charge in [0.15, 0.2) is 0 Å². The highest BCUT2D eigenvalue weighted by Crippen LogP contribution is 2.19. The highest BCUT2D eigenvalue weighted by atomic mass is 16.3. The van der Waals surface area contributed by atoms with E-state index in [-0.39, 0.29) is 6.03 Å². The summed E-state index contributed by atoms with van der Waals surface area (Å²) in [5.41, 5.74) is 0.999. The molecule has 2 aromatic rings. The molecule has 0 aliphatic carbocycles. The highest BCUT2D eigenvalue weighted by molar-refractivity contribution is 5.73. The molecule has 3 rings (SSSR count). The Morgan fingerprint density at radius 3 is 2.76 bits per heavy atom. The second-order valence-electron chi connectivity index (χ2n) is 6.91. The summed E-state index contributed by atoms with van der Waals surface area (Å²) in [6.45, 7) is 6.24. The summed E-state index contributed by atoms with van der Waals surface area (Å²) in [4.78, 5) is 16.3. The number of urea groups is 1. The van der Waals surface area contributed by atoms with E-state index in [2.05, 4.69) is 16.3 Å². The summed E-state index contributed by atoms with van der Waals surface area (Å²) in [5, 5.41) is 3.05. The largest absolute Gasteiger partial charge is 0.472 e. The van der Waals surface area contributed by atoms with Gasteiger partial charge in [-0.1, -0.05) is 0 Å². The monoisotopic (exact) mass is 345 g/mol. The van der Waals surface area contributed by atoms with Crippen molar-refractivity contribution in [3.05, 3.63) is 47.8 Å². The maximum atomic E-state index is 12.2. The van der Waals surface area contributed by atoms with E-state index in [0.29, 0.717) is 12.5 Å². The molecule has 0 bridgehead atoms. The van der Waals surface area contributed by atoms with E-state index in [0.717, 1.165) is 56.1 Å². The van der Waals surface area contributed by atoms with Crippen LogP contribution in [0.4, 0.5) is 4.79 Å². The summed E-state index contributed by atoms with van der Waals surface area (Å²) in [6.07, 6.45) is 5.50. The molecule has 1 fully saturated rings. The van der Waals surface area contributed by atoms with E-state index in [9.17, 15) is 4.79 Å². The van der Waals surface area contributed by atoms with Crippen molar-refractivity contribution in [2.45, 2.75) is 32.9 Å². The molecule has 2 aromatic heterocycles. The summed E-state index contributed by atoms with van der Waals surface area (Å²) < 4.78 is 10.7. The van der Waals surface area contributed by atoms with Crippen molar-refractivity contribution >= 4 is 6.03 Å². The average molecular weight is 345 g/mol. The zero-order chi connectivity index (χ0) is 17.6. The lowest BCUT2D eigenvalue weighted by molar-refractivity contribution is 0.161. The molecule has 0 spiro atoms. The van der Waals surface area contributed by atoms with Gasteiger partial charge < -0.3 is 19.1 Å². The Kier molecular flexibility index (Phi) is 5.81. The fraction of sp³-hybridized carbons (Fsp3) is 0.526. The number of carbonyl (C=O) groups is 1. The predicted molar refractivity (Wildman–Crippen MR) is 95.0 cm³/mol. The molecule has 1 aliphatic rings. The molecule has 0 aromatic carbocycles. The van der Waals surface area contributed by atoms with E-state index in [1.807, 2.05) is 19.1 Å². The normalized spacial score (nSPS) is 16.1. The van der Waals surface area contributed by atoms with Crippen LogP contribution in [-0.4, -0.2) is 42.5 Å². The number of amides is 2. The number of aryl methyl sites for hydroxylation is 1. The fourth-order valence-corrected chi connectivity index (χ4v) is 3.23. The Balaban J connectivity index is 1.35. The van der Waals surface area contributed by atoms with Crippen LogP contribution < -0.4 is 5.32 Å². The van der Waals surface area contributed by atoms with Gasteiger partial charge >= 0.3 is 6.03 Å². The maximum absolute atomic E-state index is 12.2. The lowest BCUT2D eigenvalue weighted by Crippen LogP contribution is -2.42. The number of likely N-dealkylation sites (tertiary alicyclic amines) is 1. The number of nitrogens with zero attached hydrogens (tertiary/aromatic N) is 2. The van der Waals surface area contributed by atoms with Crippen molar-refractivity contribution in [3.8, 4) is 0 Å². The Bertz CT molecular complexity index is 657. The van der Waals surface area contributed by atoms with Gasteiger partial charge in [-0.05, 0) is 57.0 Å². The molecule has 0 atom stereocenters. The van der Waals surface area contributed by atoms with Gasteiger partial charge in [0.2, 0.25) is 0 Å². The Morgan fingerprint density at radius 1 is 1.32 bits per heavy atom. The van der Waals surface area contributed by atoms with Crippen LogP contribution in [0, 0.1) is 12.8 Å². The van der Waals surface area contributed by atoms with Gasteiger partial charge in [0.25, 0.3) is 0 Å². The number of hydrogen-bond acceptors (Lipinski definition) is 4. The molecule has 0 radical (unpaired) electrons. The summed E-state index contributed by atoms with van der Waals surface area (Å²) in [6, 6.07) is 5.91. The molecule has 0 saturated carbocycles. The van der Waals surface area contributed by atoms with Gasteiger partial charge in [-0.3, -0.25) is 4.90 Å². The quantitative estimate of drug-likeness (QED) is 0.873. The average Bonchev–Trinajstić information content (AvgIpc) is 3.25. The van der Waals surface area contributed by atoms with Crippen LogP contribution >= 0.6 is 0 Å². The van der Waals surface area contributed by atoms with E-state index in [1.165, 1.54) is 0 Å². The van der Waals surface area contributed by atoms with Crippen molar-refractivity contribution in [1.29, 1.82) is 0 Å². The van der Waals surface area contributed by atoms with Crippen molar-refractivity contribution in [1.82, 2.24) is 15.1 Å². The molecule has 25 heavy (non-hydrogen) atoms. The second kappa shape index (κ2) is 8.25. The second-order valence-corrected chi connectivity index (χ2v) is 6.91. The highest BCUT2D eigenvalue weighted by Gasteiger charge is 2.21. The topological polar surface area (TPSA) is 61.9 Å². The molecular weight excluding hydrogens is 318 g/mol. The fourth-order valence-electron chi connectivity index (χ4n) is 3.23. The summed E-state index contributed by atoms with van der Waals surface area (Å²) >= 11 is 0. The number of piperidine rings is 1. The van der Waals surface area contributed by atoms with Crippen molar-refractivity contribution in [2.24, 2.45) is 5.92 Å². The van der Waals surface area contributed by atoms with E-state index < -0.39 is 0 Å². The first kappa shape index (κ1) is 17.6. The van der Waals surface area contributed by atoms with Crippen molar-refractivity contribution in [3.63, 3.8) is 0 Å². The van der Waals surface area contributed by atoms with Gasteiger partial charge in [0.1, 0.15) is 11.5 Å². The molecular formula is C19H27N3O3. The van der Waals surface area contributed by atoms with Gasteiger partial charge in [0.05, 0.1) is 25.6 Å². The Labute approximate surface area is 148 Å². The van der Waals surface area contributed by atoms with Crippen molar-refractivity contribution < 1.29 is 13.6 Å².